The van der Waals surface area contributed by atoms with Crippen LogP contribution in [0.3, 0.4) is 0 Å². The van der Waals surface area contributed by atoms with Gasteiger partial charge in [-0.2, -0.15) is 13.2 Å². The Morgan fingerprint density at radius 1 is 1.43 bits per heavy atom. The van der Waals surface area contributed by atoms with E-state index in [-0.39, 0.29) is 0 Å². The van der Waals surface area contributed by atoms with Gasteiger partial charge >= 0.3 is 12.1 Å². The van der Waals surface area contributed by atoms with Gasteiger partial charge in [-0.15, -0.1) is 0 Å². The fourth-order valence-corrected chi connectivity index (χ4v) is 0.674. The van der Waals surface area contributed by atoms with Crippen molar-refractivity contribution in [2.45, 2.75) is 13.1 Å². The van der Waals surface area contributed by atoms with Crippen LogP contribution < -0.4 is 0 Å². The molecule has 0 atom stereocenters. The van der Waals surface area contributed by atoms with E-state index in [0.29, 0.717) is 0 Å². The highest BCUT2D eigenvalue weighted by Gasteiger charge is 2.40. The number of rotatable bonds is 2. The van der Waals surface area contributed by atoms with Crippen molar-refractivity contribution in [1.29, 1.82) is 5.41 Å². The molecular weight excluding hydrogens is 203 g/mol. The number of carbonyl (C=O) groups is 1. The Morgan fingerprint density at radius 3 is 2.07 bits per heavy atom. The van der Waals surface area contributed by atoms with Gasteiger partial charge in [-0.25, -0.2) is 4.79 Å². The van der Waals surface area contributed by atoms with Crippen molar-refractivity contribution in [2.24, 2.45) is 0 Å². The minimum Gasteiger partial charge on any atom is -0.512 e. The molecule has 14 heavy (non-hydrogen) atoms. The number of alkyl halides is 3. The number of aliphatic hydroxyl groups is 1. The normalized spacial score (nSPS) is 13.2. The molecular formula is C7H8F3NO3. The molecule has 0 bridgehead atoms. The average Bonchev–Trinajstić information content (AvgIpc) is 2.01. The second-order valence-electron chi connectivity index (χ2n) is 2.32. The van der Waals surface area contributed by atoms with Gasteiger partial charge in [0.1, 0.15) is 11.3 Å². The molecule has 0 fully saturated rings. The lowest BCUT2D eigenvalue weighted by molar-refractivity contribution is -0.136. The molecule has 0 saturated heterocycles. The zero-order valence-electron chi connectivity index (χ0n) is 7.40. The molecule has 0 aliphatic carbocycles. The van der Waals surface area contributed by atoms with Gasteiger partial charge in [-0.05, 0) is 6.92 Å². The van der Waals surface area contributed by atoms with Crippen LogP contribution in [0.15, 0.2) is 11.3 Å². The number of halogens is 3. The van der Waals surface area contributed by atoms with Gasteiger partial charge in [-0.1, -0.05) is 0 Å². The Kier molecular flexibility index (Phi) is 3.67. The second-order valence-corrected chi connectivity index (χ2v) is 2.32. The average molecular weight is 211 g/mol. The summed E-state index contributed by atoms with van der Waals surface area (Å²) in [5.41, 5.74) is -3.11. The molecule has 0 aliphatic rings. The third kappa shape index (κ3) is 2.75. The molecule has 0 spiro atoms. The third-order valence-corrected chi connectivity index (χ3v) is 1.28. The maximum absolute atomic E-state index is 12.0. The van der Waals surface area contributed by atoms with Gasteiger partial charge in [0.2, 0.25) is 0 Å². The summed E-state index contributed by atoms with van der Waals surface area (Å²) in [4.78, 5) is 10.8. The Labute approximate surface area is 77.5 Å². The summed E-state index contributed by atoms with van der Waals surface area (Å²) < 4.78 is 39.9. The Balaban J connectivity index is 5.20. The van der Waals surface area contributed by atoms with Crippen LogP contribution >= 0.6 is 0 Å². The Morgan fingerprint density at radius 2 is 1.86 bits per heavy atom. The van der Waals surface area contributed by atoms with Gasteiger partial charge in [0, 0.05) is 0 Å². The monoisotopic (exact) mass is 211 g/mol. The number of ether oxygens (including phenoxy) is 1. The van der Waals surface area contributed by atoms with Crippen LogP contribution in [-0.4, -0.2) is 30.1 Å². The molecule has 80 valence electrons. The maximum atomic E-state index is 12.0. The molecule has 0 aromatic heterocycles. The van der Waals surface area contributed by atoms with Crippen LogP contribution in [0.4, 0.5) is 13.2 Å². The number of carbonyl (C=O) groups excluding carboxylic acids is 1. The van der Waals surface area contributed by atoms with Crippen molar-refractivity contribution >= 4 is 11.7 Å². The van der Waals surface area contributed by atoms with Crippen molar-refractivity contribution in [1.82, 2.24) is 0 Å². The molecule has 2 N–H and O–H groups in total. The van der Waals surface area contributed by atoms with E-state index in [4.69, 9.17) is 10.5 Å². The smallest absolute Gasteiger partial charge is 0.433 e. The van der Waals surface area contributed by atoms with Crippen molar-refractivity contribution in [3.63, 3.8) is 0 Å². The number of allylic oxidation sites excluding steroid dienone is 1. The van der Waals surface area contributed by atoms with Crippen LogP contribution in [0, 0.1) is 5.41 Å². The van der Waals surface area contributed by atoms with Crippen LogP contribution in [0.5, 0.6) is 0 Å². The highest BCUT2D eigenvalue weighted by molar-refractivity contribution is 6.20. The fourth-order valence-electron chi connectivity index (χ4n) is 0.674. The predicted octanol–water partition coefficient (Wildman–Crippen LogP) is 1.57. The SMILES string of the molecule is COC(=O)C(C(=N)C(F)(F)F)=C(C)O. The van der Waals surface area contributed by atoms with Crippen LogP contribution in [0.1, 0.15) is 6.92 Å². The Bertz CT molecular complexity index is 289. The number of methoxy groups -OCH3 is 1. The zero-order valence-corrected chi connectivity index (χ0v) is 7.40. The summed E-state index contributed by atoms with van der Waals surface area (Å²) >= 11 is 0. The highest BCUT2D eigenvalue weighted by Crippen LogP contribution is 2.22. The van der Waals surface area contributed by atoms with Gasteiger partial charge in [0.25, 0.3) is 0 Å². The first-order valence-electron chi connectivity index (χ1n) is 3.36. The van der Waals surface area contributed by atoms with E-state index in [1.165, 1.54) is 0 Å². The van der Waals surface area contributed by atoms with E-state index in [9.17, 15) is 18.0 Å². The number of hydrogen-bond donors (Lipinski definition) is 2. The van der Waals surface area contributed by atoms with Gasteiger partial charge in [0.15, 0.2) is 5.71 Å². The molecule has 0 unspecified atom stereocenters. The molecule has 7 heteroatoms. The van der Waals surface area contributed by atoms with E-state index in [1.54, 1.807) is 0 Å². The van der Waals surface area contributed by atoms with Gasteiger partial charge < -0.3 is 9.84 Å². The van der Waals surface area contributed by atoms with Crippen molar-refractivity contribution in [3.8, 4) is 0 Å². The summed E-state index contributed by atoms with van der Waals surface area (Å²) in [6, 6.07) is 0. The van der Waals surface area contributed by atoms with E-state index in [2.05, 4.69) is 4.74 Å². The molecule has 0 radical (unpaired) electrons. The standard InChI is InChI=1S/C7H8F3NO3/c1-3(12)4(6(13)14-2)5(11)7(8,9)10/h11-12H,1-2H3. The Hall–Kier alpha value is -1.53. The molecule has 0 saturated carbocycles. The van der Waals surface area contributed by atoms with E-state index < -0.39 is 29.2 Å². The molecule has 0 rings (SSSR count). The second kappa shape index (κ2) is 4.12. The summed E-state index contributed by atoms with van der Waals surface area (Å²) in [5.74, 6) is -2.30. The zero-order chi connectivity index (χ0) is 11.5. The topological polar surface area (TPSA) is 70.4 Å². The van der Waals surface area contributed by atoms with Crippen molar-refractivity contribution in [2.75, 3.05) is 7.11 Å². The molecule has 4 nitrogen and oxygen atoms in total. The third-order valence-electron chi connectivity index (χ3n) is 1.28. The highest BCUT2D eigenvalue weighted by atomic mass is 19.4. The van der Waals surface area contributed by atoms with Gasteiger partial charge in [0.05, 0.1) is 7.11 Å². The largest absolute Gasteiger partial charge is 0.512 e. The number of aliphatic hydroxyl groups excluding tert-OH is 1. The van der Waals surface area contributed by atoms with Crippen LogP contribution in [-0.2, 0) is 9.53 Å². The van der Waals surface area contributed by atoms with Crippen LogP contribution in [0.2, 0.25) is 0 Å². The minimum atomic E-state index is -4.99. The molecule has 0 aliphatic heterocycles. The summed E-state index contributed by atoms with van der Waals surface area (Å²) in [6.07, 6.45) is -4.99. The number of nitrogens with one attached hydrogen (secondary N) is 1. The predicted molar refractivity (Wildman–Crippen MR) is 41.1 cm³/mol. The van der Waals surface area contributed by atoms with Gasteiger partial charge in [-0.3, -0.25) is 5.41 Å². The number of esters is 1. The molecule has 0 amide bonds. The lowest BCUT2D eigenvalue weighted by atomic mass is 10.1. The van der Waals surface area contributed by atoms with E-state index in [1.807, 2.05) is 0 Å². The first-order valence-corrected chi connectivity index (χ1v) is 3.36. The quantitative estimate of drug-likeness (QED) is 0.315. The van der Waals surface area contributed by atoms with E-state index >= 15 is 0 Å². The van der Waals surface area contributed by atoms with E-state index in [0.717, 1.165) is 14.0 Å². The molecule has 0 heterocycles. The lowest BCUT2D eigenvalue weighted by Crippen LogP contribution is -2.29. The summed E-state index contributed by atoms with van der Waals surface area (Å²) in [5, 5.41) is 15.4. The van der Waals surface area contributed by atoms with Crippen LogP contribution in [0.25, 0.3) is 0 Å². The summed E-state index contributed by atoms with van der Waals surface area (Å²) in [6.45, 7) is 0.868. The first kappa shape index (κ1) is 12.5. The molecule has 0 aromatic rings. The van der Waals surface area contributed by atoms with Crippen molar-refractivity contribution < 1.29 is 27.8 Å². The first-order chi connectivity index (χ1) is 6.21. The fraction of sp³-hybridized carbons (Fsp3) is 0.429. The minimum absolute atomic E-state index is 0.856. The molecule has 0 aromatic carbocycles. The van der Waals surface area contributed by atoms with Crippen molar-refractivity contribution in [3.05, 3.63) is 11.3 Å². The maximum Gasteiger partial charge on any atom is 0.433 e. The number of hydrogen-bond acceptors (Lipinski definition) is 4. The summed E-state index contributed by atoms with van der Waals surface area (Å²) in [7, 11) is 0.856. The lowest BCUT2D eigenvalue weighted by Gasteiger charge is -2.10.